The van der Waals surface area contributed by atoms with Crippen LogP contribution in [0.4, 0.5) is 4.39 Å². The number of halogens is 2. The van der Waals surface area contributed by atoms with Gasteiger partial charge in [-0.2, -0.15) is 0 Å². The van der Waals surface area contributed by atoms with Crippen LogP contribution in [0.25, 0.3) is 0 Å². The molecular weight excluding hydrogens is 78.5 g/mol. The summed E-state index contributed by atoms with van der Waals surface area (Å²) < 4.78 is 10.7. The number of alkyl halides is 2. The highest BCUT2D eigenvalue weighted by atomic mass is 35.5. The van der Waals surface area contributed by atoms with Crippen molar-refractivity contribution in [2.24, 2.45) is 0 Å². The standard InChI is InChI=1S/C2H3ClF/c1-2(3)4/h2H,1H2. The molecule has 0 heterocycles. The molecule has 0 aliphatic carbocycles. The predicted octanol–water partition coefficient (Wildman–Crippen LogP) is 1.35. The first kappa shape index (κ1) is 4.22. The lowest BCUT2D eigenvalue weighted by molar-refractivity contribution is 0.509. The molecule has 0 aromatic carbocycles. The van der Waals surface area contributed by atoms with Crippen molar-refractivity contribution in [2.45, 2.75) is 5.63 Å². The summed E-state index contributed by atoms with van der Waals surface area (Å²) in [5, 5.41) is 0. The summed E-state index contributed by atoms with van der Waals surface area (Å²) in [6.07, 6.45) is 0. The second kappa shape index (κ2) is 1.53. The summed E-state index contributed by atoms with van der Waals surface area (Å²) in [6.45, 7) is 2.74. The minimum atomic E-state index is -1.44. The van der Waals surface area contributed by atoms with Crippen LogP contribution in [0.5, 0.6) is 0 Å². The van der Waals surface area contributed by atoms with Gasteiger partial charge in [-0.05, 0) is 6.92 Å². The Bertz CT molecular complexity index is 10.8. The van der Waals surface area contributed by atoms with E-state index in [1.54, 1.807) is 0 Å². The molecule has 0 amide bonds. The van der Waals surface area contributed by atoms with E-state index in [1.165, 1.54) is 0 Å². The number of hydrogen-bond acceptors (Lipinski definition) is 0. The van der Waals surface area contributed by atoms with E-state index in [0.29, 0.717) is 0 Å². The highest BCUT2D eigenvalue weighted by Crippen LogP contribution is 1.88. The summed E-state index contributed by atoms with van der Waals surface area (Å²) in [5.74, 6) is 0. The zero-order valence-electron chi connectivity index (χ0n) is 2.04. The summed E-state index contributed by atoms with van der Waals surface area (Å²) in [6, 6.07) is 0. The minimum Gasteiger partial charge on any atom is -0.230 e. The van der Waals surface area contributed by atoms with Crippen molar-refractivity contribution in [3.05, 3.63) is 6.92 Å². The van der Waals surface area contributed by atoms with Crippen molar-refractivity contribution in [1.82, 2.24) is 0 Å². The fourth-order valence-electron chi connectivity index (χ4n) is 0. The SMILES string of the molecule is [CH2]C(F)Cl. The summed E-state index contributed by atoms with van der Waals surface area (Å²) in [4.78, 5) is 0. The molecule has 2 heteroatoms. The van der Waals surface area contributed by atoms with Gasteiger partial charge in [-0.1, -0.05) is 11.6 Å². The Kier molecular flexibility index (Phi) is 1.61. The van der Waals surface area contributed by atoms with Crippen LogP contribution in [0.2, 0.25) is 0 Å². The van der Waals surface area contributed by atoms with E-state index in [4.69, 9.17) is 0 Å². The van der Waals surface area contributed by atoms with Gasteiger partial charge in [0.05, 0.1) is 0 Å². The van der Waals surface area contributed by atoms with Crippen LogP contribution in [-0.4, -0.2) is 5.63 Å². The van der Waals surface area contributed by atoms with Crippen molar-refractivity contribution in [3.8, 4) is 0 Å². The first-order chi connectivity index (χ1) is 1.73. The molecule has 25 valence electrons. The third kappa shape index (κ3) is 68.3. The van der Waals surface area contributed by atoms with Crippen LogP contribution >= 0.6 is 11.6 Å². The number of rotatable bonds is 0. The van der Waals surface area contributed by atoms with Crippen molar-refractivity contribution in [1.29, 1.82) is 0 Å². The normalized spacial score (nSPS) is 15.8. The van der Waals surface area contributed by atoms with Gasteiger partial charge in [0.2, 0.25) is 0 Å². The maximum absolute atomic E-state index is 10.7. The Morgan fingerprint density at radius 1 is 2.00 bits per heavy atom. The maximum atomic E-state index is 10.7. The Morgan fingerprint density at radius 3 is 2.00 bits per heavy atom. The van der Waals surface area contributed by atoms with Gasteiger partial charge in [0.25, 0.3) is 0 Å². The lowest BCUT2D eigenvalue weighted by atomic mass is 10.9. The minimum absolute atomic E-state index is 1.44. The van der Waals surface area contributed by atoms with E-state index in [0.717, 1.165) is 0 Å². The van der Waals surface area contributed by atoms with Gasteiger partial charge in [0.1, 0.15) is 0 Å². The maximum Gasteiger partial charge on any atom is 0.173 e. The third-order valence-electron chi connectivity index (χ3n) is 0. The first-order valence-electron chi connectivity index (χ1n) is 0.845. The van der Waals surface area contributed by atoms with Crippen LogP contribution in [0.1, 0.15) is 0 Å². The van der Waals surface area contributed by atoms with Crippen LogP contribution in [0.15, 0.2) is 0 Å². The van der Waals surface area contributed by atoms with Gasteiger partial charge in [0, 0.05) is 0 Å². The van der Waals surface area contributed by atoms with E-state index in [-0.39, 0.29) is 0 Å². The molecule has 0 spiro atoms. The van der Waals surface area contributed by atoms with Crippen LogP contribution in [0.3, 0.4) is 0 Å². The van der Waals surface area contributed by atoms with Crippen LogP contribution < -0.4 is 0 Å². The second-order valence-corrected chi connectivity index (χ2v) is 0.865. The van der Waals surface area contributed by atoms with Gasteiger partial charge in [-0.25, -0.2) is 4.39 Å². The molecule has 0 bridgehead atoms. The summed E-state index contributed by atoms with van der Waals surface area (Å²) in [7, 11) is 0. The lowest BCUT2D eigenvalue weighted by Gasteiger charge is -1.71. The second-order valence-electron chi connectivity index (χ2n) is 0.391. The Labute approximate surface area is 29.6 Å². The zero-order valence-corrected chi connectivity index (χ0v) is 2.80. The van der Waals surface area contributed by atoms with Crippen molar-refractivity contribution >= 4 is 11.6 Å². The van der Waals surface area contributed by atoms with Crippen molar-refractivity contribution in [2.75, 3.05) is 0 Å². The van der Waals surface area contributed by atoms with Gasteiger partial charge in [0.15, 0.2) is 5.63 Å². The van der Waals surface area contributed by atoms with Gasteiger partial charge < -0.3 is 0 Å². The third-order valence-corrected chi connectivity index (χ3v) is 0. The van der Waals surface area contributed by atoms with E-state index in [1.807, 2.05) is 0 Å². The van der Waals surface area contributed by atoms with E-state index < -0.39 is 5.63 Å². The molecule has 0 aromatic rings. The Morgan fingerprint density at radius 2 is 2.00 bits per heavy atom. The molecule has 0 rings (SSSR count). The fraction of sp³-hybridized carbons (Fsp3) is 0.500. The van der Waals surface area contributed by atoms with Crippen LogP contribution in [-0.2, 0) is 0 Å². The monoisotopic (exact) mass is 81.0 g/mol. The molecule has 1 unspecified atom stereocenters. The molecular formula is C2H3ClF. The predicted molar refractivity (Wildman–Crippen MR) is 16.1 cm³/mol. The van der Waals surface area contributed by atoms with Crippen molar-refractivity contribution < 1.29 is 4.39 Å². The smallest absolute Gasteiger partial charge is 0.173 e. The first-order valence-corrected chi connectivity index (χ1v) is 1.28. The zero-order chi connectivity index (χ0) is 3.58. The van der Waals surface area contributed by atoms with E-state index >= 15 is 0 Å². The topological polar surface area (TPSA) is 0 Å². The molecule has 0 aromatic heterocycles. The largest absolute Gasteiger partial charge is 0.230 e. The van der Waals surface area contributed by atoms with Gasteiger partial charge in [-0.15, -0.1) is 0 Å². The summed E-state index contributed by atoms with van der Waals surface area (Å²) in [5.41, 5.74) is -1.44. The average Bonchev–Trinajstić information content (AvgIpc) is 0.811. The highest BCUT2D eigenvalue weighted by molar-refractivity contribution is 6.19. The fourth-order valence-corrected chi connectivity index (χ4v) is 0. The molecule has 1 atom stereocenters. The Hall–Kier alpha value is 0.220. The Balaban J connectivity index is 2.32. The highest BCUT2D eigenvalue weighted by Gasteiger charge is 1.77. The van der Waals surface area contributed by atoms with Gasteiger partial charge in [-0.3, -0.25) is 0 Å². The molecule has 0 aliphatic rings. The lowest BCUT2D eigenvalue weighted by Crippen LogP contribution is -1.67. The van der Waals surface area contributed by atoms with E-state index in [9.17, 15) is 4.39 Å². The molecule has 0 saturated heterocycles. The molecule has 4 heavy (non-hydrogen) atoms. The van der Waals surface area contributed by atoms with Crippen LogP contribution in [0, 0.1) is 6.92 Å². The molecule has 1 radical (unpaired) electrons. The van der Waals surface area contributed by atoms with Gasteiger partial charge >= 0.3 is 0 Å². The molecule has 0 saturated carbocycles. The molecule has 0 aliphatic heterocycles. The van der Waals surface area contributed by atoms with Crippen molar-refractivity contribution in [3.63, 3.8) is 0 Å². The summed E-state index contributed by atoms with van der Waals surface area (Å²) >= 11 is 4.50. The quantitative estimate of drug-likeness (QED) is 0.386. The van der Waals surface area contributed by atoms with E-state index in [2.05, 4.69) is 18.5 Å². The molecule has 0 nitrogen and oxygen atoms in total. The number of hydrogen-bond donors (Lipinski definition) is 0. The molecule has 0 N–H and O–H groups in total. The average molecular weight is 81.5 g/mol. The molecule has 0 fully saturated rings.